The first-order valence-electron chi connectivity index (χ1n) is 9.18. The van der Waals surface area contributed by atoms with Crippen LogP contribution < -0.4 is 4.57 Å². The molecular weight excluding hydrogens is 408 g/mol. The molecule has 0 unspecified atom stereocenters. The average molecular weight is 430 g/mol. The van der Waals surface area contributed by atoms with Crippen molar-refractivity contribution in [1.82, 2.24) is 4.90 Å². The van der Waals surface area contributed by atoms with E-state index in [1.807, 2.05) is 42.8 Å². The molecule has 1 aromatic carbocycles. The van der Waals surface area contributed by atoms with Gasteiger partial charge in [-0.3, -0.25) is 9.69 Å². The predicted molar refractivity (Wildman–Crippen MR) is 112 cm³/mol. The van der Waals surface area contributed by atoms with E-state index in [1.54, 1.807) is 18.7 Å². The number of carboxylic acid groups (broad SMARTS) is 1. The normalized spacial score (nSPS) is 21.8. The van der Waals surface area contributed by atoms with Crippen molar-refractivity contribution in [2.24, 2.45) is 5.92 Å². The van der Waals surface area contributed by atoms with Crippen molar-refractivity contribution >= 4 is 40.3 Å². The van der Waals surface area contributed by atoms with Crippen LogP contribution in [-0.2, 0) is 16.1 Å². The Morgan fingerprint density at radius 1 is 1.31 bits per heavy atom. The van der Waals surface area contributed by atoms with Crippen LogP contribution in [-0.4, -0.2) is 44.7 Å². The number of aliphatic hydroxyl groups is 1. The molecule has 2 aliphatic heterocycles. The number of hydrogen-bond acceptors (Lipinski definition) is 5. The number of nitrogens with zero attached hydrogens (tertiary/aromatic N) is 2. The Hall–Kier alpha value is -2.29. The second-order valence-corrected chi connectivity index (χ2v) is 9.09. The summed E-state index contributed by atoms with van der Waals surface area (Å²) in [6.07, 6.45) is 5.33. The van der Waals surface area contributed by atoms with Crippen LogP contribution >= 0.6 is 23.5 Å². The molecule has 2 N–H and O–H groups in total. The molecule has 2 aliphatic rings. The number of thioether (sulfide) groups is 2. The highest BCUT2D eigenvalue weighted by Gasteiger charge is 2.57. The van der Waals surface area contributed by atoms with Gasteiger partial charge in [0.1, 0.15) is 11.1 Å². The molecule has 3 atom stereocenters. The number of carbonyl (C=O) groups is 2. The summed E-state index contributed by atoms with van der Waals surface area (Å²) < 4.78 is 2.10. The highest BCUT2D eigenvalue weighted by atomic mass is 32.2. The summed E-state index contributed by atoms with van der Waals surface area (Å²) in [5, 5.41) is 19.2. The van der Waals surface area contributed by atoms with Gasteiger partial charge in [-0.15, -0.1) is 11.8 Å². The molecule has 6 nitrogen and oxygen atoms in total. The van der Waals surface area contributed by atoms with Gasteiger partial charge in [-0.25, -0.2) is 4.79 Å². The molecule has 8 heteroatoms. The number of aliphatic carboxylic acids is 1. The molecule has 1 saturated heterocycles. The van der Waals surface area contributed by atoms with Crippen molar-refractivity contribution in [3.05, 3.63) is 65.6 Å². The summed E-state index contributed by atoms with van der Waals surface area (Å²) >= 11 is 3.03. The Balaban J connectivity index is 1.58. The van der Waals surface area contributed by atoms with Crippen LogP contribution in [0.3, 0.4) is 0 Å². The molecule has 0 radical (unpaired) electrons. The number of benzene rings is 1. The smallest absolute Gasteiger partial charge is 0.353 e. The summed E-state index contributed by atoms with van der Waals surface area (Å²) in [6.45, 7) is 2.28. The number of pyridine rings is 1. The standard InChI is InChI=1S/C21H20N2O4S2/c1-12(24)16-19(25)23-17(21(26)27)18(29-20(16)23)14-7-5-13(6-8-14)10-22-9-3-4-15(11-22)28-2/h3-9,11-12,16,20,24H,10H2,1-2H3/p+1/t12-,16+,20-/m1/s1. The molecule has 1 fully saturated rings. The van der Waals surface area contributed by atoms with E-state index in [2.05, 4.69) is 16.8 Å². The minimum atomic E-state index is -1.12. The maximum absolute atomic E-state index is 12.3. The molecule has 0 saturated carbocycles. The number of hydrogen-bond donors (Lipinski definition) is 2. The van der Waals surface area contributed by atoms with Gasteiger partial charge in [0.25, 0.3) is 0 Å². The number of β-lactam (4-membered cyclic amide) rings is 1. The minimum Gasteiger partial charge on any atom is -0.477 e. The SMILES string of the molecule is CSc1ccc[n+](Cc2ccc(C3=C(C(=O)O)N4C(=O)[C@H]([C@@H](C)O)[C@H]4S3)cc2)c1. The van der Waals surface area contributed by atoms with Gasteiger partial charge >= 0.3 is 5.97 Å². The van der Waals surface area contributed by atoms with Crippen LogP contribution in [0.4, 0.5) is 0 Å². The summed E-state index contributed by atoms with van der Waals surface area (Å²) in [4.78, 5) is 27.2. The fourth-order valence-electron chi connectivity index (χ4n) is 3.67. The third-order valence-electron chi connectivity index (χ3n) is 5.15. The molecule has 29 heavy (non-hydrogen) atoms. The maximum Gasteiger partial charge on any atom is 0.353 e. The fourth-order valence-corrected chi connectivity index (χ4v) is 5.75. The zero-order valence-electron chi connectivity index (χ0n) is 16.0. The Bertz CT molecular complexity index is 1000. The summed E-state index contributed by atoms with van der Waals surface area (Å²) in [7, 11) is 0. The summed E-state index contributed by atoms with van der Waals surface area (Å²) in [5.74, 6) is -2.02. The Kier molecular flexibility index (Phi) is 5.42. The number of carboxylic acids is 1. The number of aromatic nitrogens is 1. The second-order valence-electron chi connectivity index (χ2n) is 7.08. The van der Waals surface area contributed by atoms with Crippen LogP contribution in [0.5, 0.6) is 0 Å². The molecule has 0 bridgehead atoms. The average Bonchev–Trinajstić information content (AvgIpc) is 3.03. The molecule has 4 rings (SSSR count). The van der Waals surface area contributed by atoms with Gasteiger partial charge in [0.15, 0.2) is 18.9 Å². The van der Waals surface area contributed by atoms with Crippen LogP contribution in [0.25, 0.3) is 4.91 Å². The lowest BCUT2D eigenvalue weighted by molar-refractivity contribution is -0.690. The fraction of sp³-hybridized carbons (Fsp3) is 0.286. The van der Waals surface area contributed by atoms with Crippen LogP contribution in [0.15, 0.2) is 59.4 Å². The second kappa shape index (κ2) is 7.85. The van der Waals surface area contributed by atoms with Gasteiger partial charge in [0, 0.05) is 16.5 Å². The van der Waals surface area contributed by atoms with E-state index in [1.165, 1.54) is 21.6 Å². The summed E-state index contributed by atoms with van der Waals surface area (Å²) in [6, 6.07) is 11.8. The molecule has 3 heterocycles. The van der Waals surface area contributed by atoms with Crippen molar-refractivity contribution in [2.75, 3.05) is 6.26 Å². The van der Waals surface area contributed by atoms with Gasteiger partial charge < -0.3 is 10.2 Å². The van der Waals surface area contributed by atoms with Gasteiger partial charge in [-0.1, -0.05) is 36.0 Å². The largest absolute Gasteiger partial charge is 0.477 e. The molecule has 0 spiro atoms. The van der Waals surface area contributed by atoms with Crippen molar-refractivity contribution in [2.45, 2.75) is 29.8 Å². The number of aliphatic hydroxyl groups excluding tert-OH is 1. The van der Waals surface area contributed by atoms with Crippen molar-refractivity contribution in [3.8, 4) is 0 Å². The first kappa shape index (κ1) is 20.0. The highest BCUT2D eigenvalue weighted by Crippen LogP contribution is 2.53. The molecule has 1 aromatic heterocycles. The Labute approximate surface area is 177 Å². The van der Waals surface area contributed by atoms with E-state index < -0.39 is 18.0 Å². The zero-order valence-corrected chi connectivity index (χ0v) is 17.6. The van der Waals surface area contributed by atoms with Gasteiger partial charge in [0.05, 0.1) is 16.9 Å². The maximum atomic E-state index is 12.3. The zero-order chi connectivity index (χ0) is 20.7. The lowest BCUT2D eigenvalue weighted by Crippen LogP contribution is -2.60. The van der Waals surface area contributed by atoms with Gasteiger partial charge in [-0.05, 0) is 24.8 Å². The van der Waals surface area contributed by atoms with Gasteiger partial charge in [0.2, 0.25) is 5.91 Å². The van der Waals surface area contributed by atoms with E-state index in [9.17, 15) is 19.8 Å². The molecule has 1 amide bonds. The minimum absolute atomic E-state index is 0.0108. The Morgan fingerprint density at radius 3 is 2.66 bits per heavy atom. The first-order chi connectivity index (χ1) is 13.9. The monoisotopic (exact) mass is 429 g/mol. The van der Waals surface area contributed by atoms with E-state index in [0.29, 0.717) is 11.4 Å². The van der Waals surface area contributed by atoms with E-state index >= 15 is 0 Å². The topological polar surface area (TPSA) is 81.7 Å². The van der Waals surface area contributed by atoms with E-state index in [4.69, 9.17) is 0 Å². The summed E-state index contributed by atoms with van der Waals surface area (Å²) in [5.41, 5.74) is 1.88. The molecular formula is C21H21N2O4S2+. The quantitative estimate of drug-likeness (QED) is 0.417. The number of carbonyl (C=O) groups excluding carboxylic acids is 1. The Morgan fingerprint density at radius 2 is 2.03 bits per heavy atom. The van der Waals surface area contributed by atoms with Crippen molar-refractivity contribution in [3.63, 3.8) is 0 Å². The van der Waals surface area contributed by atoms with Crippen LogP contribution in [0.1, 0.15) is 18.1 Å². The number of amides is 1. The van der Waals surface area contributed by atoms with Crippen molar-refractivity contribution < 1.29 is 24.4 Å². The van der Waals surface area contributed by atoms with E-state index in [-0.39, 0.29) is 17.0 Å². The number of fused-ring (bicyclic) bond motifs is 1. The molecule has 2 aromatic rings. The van der Waals surface area contributed by atoms with Crippen LogP contribution in [0.2, 0.25) is 0 Å². The third kappa shape index (κ3) is 3.56. The predicted octanol–water partition coefficient (Wildman–Crippen LogP) is 2.41. The third-order valence-corrected chi connectivity index (χ3v) is 7.27. The molecule has 150 valence electrons. The van der Waals surface area contributed by atoms with Crippen LogP contribution in [0, 0.1) is 5.92 Å². The molecule has 0 aliphatic carbocycles. The first-order valence-corrected chi connectivity index (χ1v) is 11.3. The van der Waals surface area contributed by atoms with E-state index in [0.717, 1.165) is 11.1 Å². The lowest BCUT2D eigenvalue weighted by Gasteiger charge is -2.43. The highest BCUT2D eigenvalue weighted by molar-refractivity contribution is 8.09. The number of rotatable bonds is 6. The lowest BCUT2D eigenvalue weighted by atomic mass is 9.92. The van der Waals surface area contributed by atoms with Gasteiger partial charge in [-0.2, -0.15) is 4.57 Å². The van der Waals surface area contributed by atoms with Crippen molar-refractivity contribution in [1.29, 1.82) is 0 Å².